The number of nitrogens with one attached hydrogen (secondary N) is 1. The fraction of sp³-hybridized carbons (Fsp3) is 0.400. The number of esters is 1. The lowest BCUT2D eigenvalue weighted by atomic mass is 9.85. The molecule has 0 aliphatic heterocycles. The van der Waals surface area contributed by atoms with Crippen LogP contribution in [0.1, 0.15) is 24.2 Å². The quantitative estimate of drug-likeness (QED) is 0.626. The number of Topliss-reactive ketones (excluding diaryl/α,β-unsaturated/α-hetero) is 2. The number of ketones is 2. The molecule has 0 bridgehead atoms. The van der Waals surface area contributed by atoms with E-state index in [1.54, 1.807) is 38.1 Å². The third-order valence-electron chi connectivity index (χ3n) is 3.15. The van der Waals surface area contributed by atoms with Gasteiger partial charge in [-0.25, -0.2) is 4.79 Å². The summed E-state index contributed by atoms with van der Waals surface area (Å²) in [6, 6.07) is 5.85. The number of hydrogen-bond acceptors (Lipinski definition) is 6. The van der Waals surface area contributed by atoms with Gasteiger partial charge in [0, 0.05) is 12.3 Å². The SMILES string of the molecule is CCOC(=O)c1ccc(NC2C(=O)C(=O)C2OCC)cc1. The van der Waals surface area contributed by atoms with Gasteiger partial charge >= 0.3 is 5.97 Å². The summed E-state index contributed by atoms with van der Waals surface area (Å²) in [6.07, 6.45) is -0.729. The predicted octanol–water partition coefficient (Wildman–Crippen LogP) is 1.20. The lowest BCUT2D eigenvalue weighted by Crippen LogP contribution is -2.62. The zero-order valence-electron chi connectivity index (χ0n) is 11.9. The van der Waals surface area contributed by atoms with Crippen LogP contribution in [0, 0.1) is 0 Å². The molecule has 0 saturated heterocycles. The van der Waals surface area contributed by atoms with Crippen molar-refractivity contribution in [3.8, 4) is 0 Å². The van der Waals surface area contributed by atoms with E-state index in [0.717, 1.165) is 0 Å². The molecule has 1 aliphatic carbocycles. The third-order valence-corrected chi connectivity index (χ3v) is 3.15. The summed E-state index contributed by atoms with van der Waals surface area (Å²) in [5.74, 6) is -1.38. The van der Waals surface area contributed by atoms with Crippen molar-refractivity contribution in [2.45, 2.75) is 26.0 Å². The van der Waals surface area contributed by atoms with E-state index >= 15 is 0 Å². The molecule has 0 radical (unpaired) electrons. The van der Waals surface area contributed by atoms with Crippen LogP contribution in [0.5, 0.6) is 0 Å². The van der Waals surface area contributed by atoms with E-state index < -0.39 is 29.7 Å². The lowest BCUT2D eigenvalue weighted by Gasteiger charge is -2.33. The molecule has 1 saturated carbocycles. The van der Waals surface area contributed by atoms with E-state index in [9.17, 15) is 14.4 Å². The number of benzene rings is 1. The predicted molar refractivity (Wildman–Crippen MR) is 75.2 cm³/mol. The first-order valence-electron chi connectivity index (χ1n) is 6.81. The molecule has 112 valence electrons. The van der Waals surface area contributed by atoms with Crippen molar-refractivity contribution in [3.05, 3.63) is 29.8 Å². The molecule has 21 heavy (non-hydrogen) atoms. The normalized spacial score (nSPS) is 20.9. The molecule has 6 heteroatoms. The maximum atomic E-state index is 11.5. The Kier molecular flexibility index (Phi) is 4.70. The van der Waals surface area contributed by atoms with Crippen LogP contribution in [0.2, 0.25) is 0 Å². The van der Waals surface area contributed by atoms with Gasteiger partial charge in [0.25, 0.3) is 0 Å². The number of anilines is 1. The Bertz CT molecular complexity index is 552. The third kappa shape index (κ3) is 3.11. The van der Waals surface area contributed by atoms with Gasteiger partial charge in [-0.05, 0) is 38.1 Å². The molecule has 2 unspecified atom stereocenters. The van der Waals surface area contributed by atoms with Crippen molar-refractivity contribution in [1.82, 2.24) is 0 Å². The van der Waals surface area contributed by atoms with Gasteiger partial charge in [-0.3, -0.25) is 9.59 Å². The first-order chi connectivity index (χ1) is 10.1. The molecule has 2 rings (SSSR count). The summed E-state index contributed by atoms with van der Waals surface area (Å²) in [7, 11) is 0. The van der Waals surface area contributed by atoms with E-state index in [-0.39, 0.29) is 0 Å². The van der Waals surface area contributed by atoms with Gasteiger partial charge in [-0.2, -0.15) is 0 Å². The number of carbonyl (C=O) groups is 3. The summed E-state index contributed by atoms with van der Waals surface area (Å²) in [6.45, 7) is 4.18. The van der Waals surface area contributed by atoms with Crippen LogP contribution in [0.25, 0.3) is 0 Å². The second-order valence-corrected chi connectivity index (χ2v) is 4.52. The van der Waals surface area contributed by atoms with Crippen molar-refractivity contribution in [3.63, 3.8) is 0 Å². The van der Waals surface area contributed by atoms with Crippen LogP contribution in [0.15, 0.2) is 24.3 Å². The molecule has 1 aliphatic rings. The van der Waals surface area contributed by atoms with Crippen LogP contribution in [0.3, 0.4) is 0 Å². The summed E-state index contributed by atoms with van der Waals surface area (Å²) in [5.41, 5.74) is 1.07. The lowest BCUT2D eigenvalue weighted by molar-refractivity contribution is -0.156. The van der Waals surface area contributed by atoms with Crippen molar-refractivity contribution in [2.75, 3.05) is 18.5 Å². The van der Waals surface area contributed by atoms with Gasteiger partial charge < -0.3 is 14.8 Å². The molecule has 1 aromatic rings. The van der Waals surface area contributed by atoms with Gasteiger partial charge in [0.15, 0.2) is 6.10 Å². The summed E-state index contributed by atoms with van der Waals surface area (Å²) >= 11 is 0. The molecule has 0 spiro atoms. The van der Waals surface area contributed by atoms with E-state index in [1.165, 1.54) is 0 Å². The molecule has 0 aromatic heterocycles. The molecule has 1 fully saturated rings. The van der Waals surface area contributed by atoms with Crippen molar-refractivity contribution in [2.24, 2.45) is 0 Å². The van der Waals surface area contributed by atoms with Gasteiger partial charge in [0.05, 0.1) is 12.2 Å². The highest BCUT2D eigenvalue weighted by Crippen LogP contribution is 2.21. The van der Waals surface area contributed by atoms with E-state index in [2.05, 4.69) is 5.32 Å². The number of hydrogen-bond donors (Lipinski definition) is 1. The van der Waals surface area contributed by atoms with Crippen LogP contribution in [0.4, 0.5) is 5.69 Å². The molecular formula is C15H17NO5. The smallest absolute Gasteiger partial charge is 0.338 e. The largest absolute Gasteiger partial charge is 0.462 e. The highest BCUT2D eigenvalue weighted by molar-refractivity contribution is 6.49. The van der Waals surface area contributed by atoms with Crippen LogP contribution in [-0.4, -0.2) is 42.9 Å². The Labute approximate surface area is 122 Å². The summed E-state index contributed by atoms with van der Waals surface area (Å²) in [4.78, 5) is 34.5. The van der Waals surface area contributed by atoms with Crippen LogP contribution in [-0.2, 0) is 19.1 Å². The van der Waals surface area contributed by atoms with Crippen molar-refractivity contribution in [1.29, 1.82) is 0 Å². The minimum atomic E-state index is -0.729. The zero-order valence-corrected chi connectivity index (χ0v) is 11.9. The second kappa shape index (κ2) is 6.49. The monoisotopic (exact) mass is 291 g/mol. The fourth-order valence-electron chi connectivity index (χ4n) is 2.08. The maximum Gasteiger partial charge on any atom is 0.338 e. The Balaban J connectivity index is 2.02. The topological polar surface area (TPSA) is 81.7 Å². The second-order valence-electron chi connectivity index (χ2n) is 4.52. The average Bonchev–Trinajstić information content (AvgIpc) is 2.51. The molecule has 1 N–H and O–H groups in total. The molecule has 6 nitrogen and oxygen atoms in total. The highest BCUT2D eigenvalue weighted by atomic mass is 16.5. The first kappa shape index (κ1) is 15.2. The number of rotatable bonds is 6. The Morgan fingerprint density at radius 2 is 1.76 bits per heavy atom. The molecular weight excluding hydrogens is 274 g/mol. The highest BCUT2D eigenvalue weighted by Gasteiger charge is 2.50. The van der Waals surface area contributed by atoms with Gasteiger partial charge in [0.2, 0.25) is 11.6 Å². The summed E-state index contributed by atoms with van der Waals surface area (Å²) in [5, 5.41) is 2.94. The zero-order chi connectivity index (χ0) is 15.4. The maximum absolute atomic E-state index is 11.5. The fourth-order valence-corrected chi connectivity index (χ4v) is 2.08. The van der Waals surface area contributed by atoms with Crippen LogP contribution < -0.4 is 5.32 Å². The van der Waals surface area contributed by atoms with Gasteiger partial charge in [-0.15, -0.1) is 0 Å². The van der Waals surface area contributed by atoms with Crippen LogP contribution >= 0.6 is 0 Å². The first-order valence-corrected chi connectivity index (χ1v) is 6.81. The Morgan fingerprint density at radius 3 is 2.33 bits per heavy atom. The van der Waals surface area contributed by atoms with E-state index in [0.29, 0.717) is 24.5 Å². The molecule has 1 aromatic carbocycles. The average molecular weight is 291 g/mol. The number of carbonyl (C=O) groups excluding carboxylic acids is 3. The van der Waals surface area contributed by atoms with Gasteiger partial charge in [-0.1, -0.05) is 0 Å². The minimum absolute atomic E-state index is 0.313. The number of ether oxygens (including phenoxy) is 2. The van der Waals surface area contributed by atoms with E-state index in [1.807, 2.05) is 0 Å². The minimum Gasteiger partial charge on any atom is -0.462 e. The van der Waals surface area contributed by atoms with Crippen molar-refractivity contribution >= 4 is 23.2 Å². The Morgan fingerprint density at radius 1 is 1.10 bits per heavy atom. The van der Waals surface area contributed by atoms with Crippen molar-refractivity contribution < 1.29 is 23.9 Å². The van der Waals surface area contributed by atoms with Gasteiger partial charge in [0.1, 0.15) is 6.04 Å². The van der Waals surface area contributed by atoms with E-state index in [4.69, 9.17) is 9.47 Å². The molecule has 0 amide bonds. The summed E-state index contributed by atoms with van der Waals surface area (Å²) < 4.78 is 10.1. The molecule has 2 atom stereocenters. The molecule has 0 heterocycles. The Hall–Kier alpha value is -2.21. The standard InChI is InChI=1S/C15H17NO5/c1-3-20-14-11(12(17)13(14)18)16-10-7-5-9(6-8-10)15(19)21-4-2/h5-8,11,14,16H,3-4H2,1-2H3.